The van der Waals surface area contributed by atoms with Gasteiger partial charge in [0.2, 0.25) is 0 Å². The Labute approximate surface area is 146 Å². The second-order valence-corrected chi connectivity index (χ2v) is 5.28. The SMILES string of the molecule is O=C(COC(=O)Cc1cccc(C(F)(F)F)c1)NC(=O)c1ccccc1. The van der Waals surface area contributed by atoms with Gasteiger partial charge in [0.25, 0.3) is 11.8 Å². The van der Waals surface area contributed by atoms with Crippen LogP contribution in [0.1, 0.15) is 21.5 Å². The lowest BCUT2D eigenvalue weighted by molar-refractivity contribution is -0.147. The van der Waals surface area contributed by atoms with Crippen LogP contribution in [-0.4, -0.2) is 24.4 Å². The summed E-state index contributed by atoms with van der Waals surface area (Å²) in [6, 6.07) is 12.2. The van der Waals surface area contributed by atoms with Gasteiger partial charge in [0.05, 0.1) is 12.0 Å². The monoisotopic (exact) mass is 365 g/mol. The summed E-state index contributed by atoms with van der Waals surface area (Å²) in [5.74, 6) is -2.37. The molecule has 26 heavy (non-hydrogen) atoms. The maximum Gasteiger partial charge on any atom is 0.416 e. The van der Waals surface area contributed by atoms with Crippen molar-refractivity contribution in [1.29, 1.82) is 0 Å². The highest BCUT2D eigenvalue weighted by molar-refractivity contribution is 6.05. The average molecular weight is 365 g/mol. The van der Waals surface area contributed by atoms with Crippen molar-refractivity contribution in [2.75, 3.05) is 6.61 Å². The fourth-order valence-corrected chi connectivity index (χ4v) is 2.05. The largest absolute Gasteiger partial charge is 0.455 e. The first kappa shape index (κ1) is 19.2. The van der Waals surface area contributed by atoms with Crippen LogP contribution in [0.2, 0.25) is 0 Å². The summed E-state index contributed by atoms with van der Waals surface area (Å²) >= 11 is 0. The van der Waals surface area contributed by atoms with Gasteiger partial charge >= 0.3 is 12.1 Å². The van der Waals surface area contributed by atoms with Crippen molar-refractivity contribution in [2.45, 2.75) is 12.6 Å². The zero-order valence-electron chi connectivity index (χ0n) is 13.4. The summed E-state index contributed by atoms with van der Waals surface area (Å²) in [6.07, 6.45) is -4.94. The third-order valence-corrected chi connectivity index (χ3v) is 3.26. The first-order valence-corrected chi connectivity index (χ1v) is 7.46. The molecule has 0 radical (unpaired) electrons. The summed E-state index contributed by atoms with van der Waals surface area (Å²) < 4.78 is 42.5. The van der Waals surface area contributed by atoms with E-state index in [-0.39, 0.29) is 11.1 Å². The number of carbonyl (C=O) groups excluding carboxylic acids is 3. The van der Waals surface area contributed by atoms with Crippen LogP contribution in [0.3, 0.4) is 0 Å². The first-order chi connectivity index (χ1) is 12.3. The van der Waals surface area contributed by atoms with Gasteiger partial charge in [0.15, 0.2) is 6.61 Å². The van der Waals surface area contributed by atoms with Crippen LogP contribution < -0.4 is 5.32 Å². The number of nitrogens with one attached hydrogen (secondary N) is 1. The zero-order chi connectivity index (χ0) is 19.2. The van der Waals surface area contributed by atoms with E-state index in [4.69, 9.17) is 0 Å². The summed E-state index contributed by atoms with van der Waals surface area (Å²) in [5, 5.41) is 2.04. The lowest BCUT2D eigenvalue weighted by Crippen LogP contribution is -2.34. The minimum atomic E-state index is -4.52. The van der Waals surface area contributed by atoms with Crippen LogP contribution in [0.4, 0.5) is 13.2 Å². The van der Waals surface area contributed by atoms with E-state index in [0.29, 0.717) is 0 Å². The minimum absolute atomic E-state index is 0.102. The van der Waals surface area contributed by atoms with Gasteiger partial charge in [-0.15, -0.1) is 0 Å². The van der Waals surface area contributed by atoms with Gasteiger partial charge in [0.1, 0.15) is 0 Å². The zero-order valence-corrected chi connectivity index (χ0v) is 13.4. The molecule has 0 aliphatic heterocycles. The normalized spacial score (nSPS) is 10.9. The topological polar surface area (TPSA) is 72.5 Å². The molecule has 0 heterocycles. The predicted molar refractivity (Wildman–Crippen MR) is 85.0 cm³/mol. The molecule has 136 valence electrons. The number of amides is 2. The average Bonchev–Trinajstić information content (AvgIpc) is 2.60. The number of hydrogen-bond donors (Lipinski definition) is 1. The predicted octanol–water partition coefficient (Wildman–Crippen LogP) is 2.75. The molecule has 0 atom stereocenters. The number of esters is 1. The highest BCUT2D eigenvalue weighted by atomic mass is 19.4. The van der Waals surface area contributed by atoms with Crippen molar-refractivity contribution in [2.24, 2.45) is 0 Å². The van der Waals surface area contributed by atoms with E-state index in [1.54, 1.807) is 18.2 Å². The molecule has 2 amide bonds. The highest BCUT2D eigenvalue weighted by Gasteiger charge is 2.30. The Morgan fingerprint density at radius 1 is 0.962 bits per heavy atom. The molecule has 5 nitrogen and oxygen atoms in total. The third-order valence-electron chi connectivity index (χ3n) is 3.26. The Balaban J connectivity index is 1.83. The van der Waals surface area contributed by atoms with Crippen molar-refractivity contribution in [3.8, 4) is 0 Å². The smallest absolute Gasteiger partial charge is 0.416 e. The van der Waals surface area contributed by atoms with Crippen LogP contribution in [0, 0.1) is 0 Å². The summed E-state index contributed by atoms with van der Waals surface area (Å²) in [4.78, 5) is 35.0. The van der Waals surface area contributed by atoms with Gasteiger partial charge < -0.3 is 4.74 Å². The van der Waals surface area contributed by atoms with Crippen LogP contribution in [-0.2, 0) is 26.9 Å². The van der Waals surface area contributed by atoms with E-state index < -0.39 is 42.6 Å². The number of halogens is 3. The van der Waals surface area contributed by atoms with Gasteiger partial charge in [-0.2, -0.15) is 13.2 Å². The van der Waals surface area contributed by atoms with Crippen LogP contribution in [0.5, 0.6) is 0 Å². The van der Waals surface area contributed by atoms with Gasteiger partial charge in [0, 0.05) is 5.56 Å². The molecule has 2 rings (SSSR count). The minimum Gasteiger partial charge on any atom is -0.455 e. The molecule has 8 heteroatoms. The number of rotatable bonds is 5. The van der Waals surface area contributed by atoms with E-state index in [9.17, 15) is 27.6 Å². The molecule has 1 N–H and O–H groups in total. The number of ether oxygens (including phenoxy) is 1. The summed E-state index contributed by atoms with van der Waals surface area (Å²) in [5.41, 5.74) is -0.518. The number of carbonyl (C=O) groups is 3. The molecular formula is C18H14F3NO4. The van der Waals surface area contributed by atoms with Gasteiger partial charge in [-0.05, 0) is 23.8 Å². The molecule has 0 unspecified atom stereocenters. The quantitative estimate of drug-likeness (QED) is 0.827. The maximum atomic E-state index is 12.6. The van der Waals surface area contributed by atoms with Crippen LogP contribution in [0.15, 0.2) is 54.6 Å². The Morgan fingerprint density at radius 3 is 2.31 bits per heavy atom. The number of imide groups is 1. The van der Waals surface area contributed by atoms with Crippen molar-refractivity contribution in [1.82, 2.24) is 5.32 Å². The molecular weight excluding hydrogens is 351 g/mol. The fraction of sp³-hybridized carbons (Fsp3) is 0.167. The molecule has 2 aromatic carbocycles. The number of benzene rings is 2. The van der Waals surface area contributed by atoms with Gasteiger partial charge in [-0.1, -0.05) is 36.4 Å². The number of hydrogen-bond acceptors (Lipinski definition) is 4. The molecule has 2 aromatic rings. The van der Waals surface area contributed by atoms with E-state index in [1.807, 2.05) is 5.32 Å². The molecule has 0 fully saturated rings. The van der Waals surface area contributed by atoms with Crippen molar-refractivity contribution < 1.29 is 32.3 Å². The number of alkyl halides is 3. The molecule has 0 aliphatic carbocycles. The van der Waals surface area contributed by atoms with E-state index in [2.05, 4.69) is 4.74 Å². The lowest BCUT2D eigenvalue weighted by Gasteiger charge is -2.09. The summed E-state index contributed by atoms with van der Waals surface area (Å²) in [6.45, 7) is -0.712. The molecule has 0 saturated carbocycles. The third kappa shape index (κ3) is 5.73. The van der Waals surface area contributed by atoms with Crippen LogP contribution in [0.25, 0.3) is 0 Å². The second-order valence-electron chi connectivity index (χ2n) is 5.28. The second kappa shape index (κ2) is 8.28. The molecule has 0 aliphatic rings. The highest BCUT2D eigenvalue weighted by Crippen LogP contribution is 2.29. The molecule has 0 saturated heterocycles. The van der Waals surface area contributed by atoms with Crippen molar-refractivity contribution in [3.05, 3.63) is 71.3 Å². The molecule has 0 bridgehead atoms. The lowest BCUT2D eigenvalue weighted by atomic mass is 10.1. The Morgan fingerprint density at radius 2 is 1.65 bits per heavy atom. The van der Waals surface area contributed by atoms with E-state index in [1.165, 1.54) is 24.3 Å². The maximum absolute atomic E-state index is 12.6. The Kier molecular flexibility index (Phi) is 6.11. The fourth-order valence-electron chi connectivity index (χ4n) is 2.05. The van der Waals surface area contributed by atoms with Crippen molar-refractivity contribution >= 4 is 17.8 Å². The Bertz CT molecular complexity index is 804. The van der Waals surface area contributed by atoms with Gasteiger partial charge in [-0.25, -0.2) is 0 Å². The van der Waals surface area contributed by atoms with E-state index >= 15 is 0 Å². The molecule has 0 aromatic heterocycles. The Hall–Kier alpha value is -3.16. The molecule has 0 spiro atoms. The van der Waals surface area contributed by atoms with E-state index in [0.717, 1.165) is 12.1 Å². The summed E-state index contributed by atoms with van der Waals surface area (Å²) in [7, 11) is 0. The van der Waals surface area contributed by atoms with Crippen LogP contribution >= 0.6 is 0 Å². The standard InChI is InChI=1S/C18H14F3NO4/c19-18(20,21)14-8-4-5-12(9-14)10-16(24)26-11-15(23)22-17(25)13-6-2-1-3-7-13/h1-9H,10-11H2,(H,22,23,25). The first-order valence-electron chi connectivity index (χ1n) is 7.46. The van der Waals surface area contributed by atoms with Crippen molar-refractivity contribution in [3.63, 3.8) is 0 Å². The van der Waals surface area contributed by atoms with Gasteiger partial charge in [-0.3, -0.25) is 19.7 Å².